The molecule has 1 aromatic rings. The van der Waals surface area contributed by atoms with Crippen molar-refractivity contribution in [3.8, 4) is 0 Å². The summed E-state index contributed by atoms with van der Waals surface area (Å²) in [5.74, 6) is 0. The van der Waals surface area contributed by atoms with Crippen LogP contribution in [-0.2, 0) is 13.1 Å². The maximum Gasteiger partial charge on any atom is 0.0762 e. The molecule has 0 aromatic carbocycles. The molecule has 0 bridgehead atoms. The molecule has 0 amide bonds. The van der Waals surface area contributed by atoms with Crippen molar-refractivity contribution < 1.29 is 0 Å². The van der Waals surface area contributed by atoms with Crippen LogP contribution in [0.4, 0.5) is 0 Å². The van der Waals surface area contributed by atoms with Crippen molar-refractivity contribution in [3.05, 3.63) is 18.0 Å². The van der Waals surface area contributed by atoms with Crippen molar-refractivity contribution >= 4 is 0 Å². The van der Waals surface area contributed by atoms with Gasteiger partial charge in [0.2, 0.25) is 0 Å². The molecule has 0 aliphatic rings. The van der Waals surface area contributed by atoms with Gasteiger partial charge in [-0.05, 0) is 25.5 Å². The molecule has 80 valence electrons. The quantitative estimate of drug-likeness (QED) is 0.676. The molecule has 0 fully saturated rings. The highest BCUT2D eigenvalue weighted by atomic mass is 15.3. The van der Waals surface area contributed by atoms with Gasteiger partial charge in [-0.15, -0.1) is 0 Å². The molecular weight excluding hydrogens is 174 g/mol. The lowest BCUT2D eigenvalue weighted by molar-refractivity contribution is 0.558. The van der Waals surface area contributed by atoms with E-state index >= 15 is 0 Å². The Morgan fingerprint density at radius 3 is 2.93 bits per heavy atom. The molecule has 0 saturated heterocycles. The van der Waals surface area contributed by atoms with Crippen molar-refractivity contribution in [2.75, 3.05) is 6.54 Å². The number of unbranched alkanes of at least 4 members (excludes halogenated alkanes) is 1. The van der Waals surface area contributed by atoms with Gasteiger partial charge in [-0.2, -0.15) is 5.10 Å². The minimum absolute atomic E-state index is 0.896. The molecule has 3 nitrogen and oxygen atoms in total. The Labute approximate surface area is 86.5 Å². The number of hydrogen-bond acceptors (Lipinski definition) is 2. The van der Waals surface area contributed by atoms with E-state index in [9.17, 15) is 0 Å². The smallest absolute Gasteiger partial charge is 0.0762 e. The molecule has 1 heterocycles. The third-order valence-corrected chi connectivity index (χ3v) is 2.17. The van der Waals surface area contributed by atoms with Gasteiger partial charge in [-0.3, -0.25) is 4.68 Å². The topological polar surface area (TPSA) is 29.9 Å². The van der Waals surface area contributed by atoms with Gasteiger partial charge in [0.05, 0.1) is 5.69 Å². The van der Waals surface area contributed by atoms with Crippen LogP contribution in [0.25, 0.3) is 0 Å². The average Bonchev–Trinajstić information content (AvgIpc) is 2.63. The van der Waals surface area contributed by atoms with Crippen LogP contribution in [0.15, 0.2) is 12.3 Å². The normalized spacial score (nSPS) is 10.7. The summed E-state index contributed by atoms with van der Waals surface area (Å²) < 4.78 is 2.03. The van der Waals surface area contributed by atoms with Crippen LogP contribution in [0.5, 0.6) is 0 Å². The summed E-state index contributed by atoms with van der Waals surface area (Å²) in [4.78, 5) is 0. The lowest BCUT2D eigenvalue weighted by Gasteiger charge is -2.00. The standard InChI is InChI=1S/C11H21N3/c1-3-5-8-14-9-6-11(13-14)10-12-7-4-2/h6,9,12H,3-5,7-8,10H2,1-2H3. The SMILES string of the molecule is CCCCn1ccc(CNCCC)n1. The summed E-state index contributed by atoms with van der Waals surface area (Å²) >= 11 is 0. The largest absolute Gasteiger partial charge is 0.311 e. The molecular formula is C11H21N3. The number of nitrogens with zero attached hydrogens (tertiary/aromatic N) is 2. The second-order valence-electron chi connectivity index (χ2n) is 3.60. The fourth-order valence-electron chi connectivity index (χ4n) is 1.34. The van der Waals surface area contributed by atoms with E-state index in [1.165, 1.54) is 19.3 Å². The van der Waals surface area contributed by atoms with Crippen molar-refractivity contribution in [3.63, 3.8) is 0 Å². The van der Waals surface area contributed by atoms with Crippen LogP contribution < -0.4 is 5.32 Å². The van der Waals surface area contributed by atoms with Gasteiger partial charge in [0.1, 0.15) is 0 Å². The van der Waals surface area contributed by atoms with Crippen LogP contribution in [0.1, 0.15) is 38.8 Å². The molecule has 0 saturated carbocycles. The monoisotopic (exact) mass is 195 g/mol. The molecule has 1 rings (SSSR count). The number of rotatable bonds is 7. The van der Waals surface area contributed by atoms with Crippen LogP contribution >= 0.6 is 0 Å². The Balaban J connectivity index is 2.27. The maximum absolute atomic E-state index is 4.47. The van der Waals surface area contributed by atoms with E-state index in [1.54, 1.807) is 0 Å². The van der Waals surface area contributed by atoms with Gasteiger partial charge >= 0.3 is 0 Å². The third kappa shape index (κ3) is 3.92. The van der Waals surface area contributed by atoms with Crippen LogP contribution in [0, 0.1) is 0 Å². The lowest BCUT2D eigenvalue weighted by Crippen LogP contribution is -2.14. The fraction of sp³-hybridized carbons (Fsp3) is 0.727. The second kappa shape index (κ2) is 6.60. The van der Waals surface area contributed by atoms with Gasteiger partial charge in [0.25, 0.3) is 0 Å². The molecule has 0 spiro atoms. The summed E-state index contributed by atoms with van der Waals surface area (Å²) in [6.45, 7) is 7.39. The van der Waals surface area contributed by atoms with Crippen molar-refractivity contribution in [1.29, 1.82) is 0 Å². The Hall–Kier alpha value is -0.830. The first kappa shape index (κ1) is 11.2. The van der Waals surface area contributed by atoms with Gasteiger partial charge < -0.3 is 5.32 Å². The van der Waals surface area contributed by atoms with Crippen molar-refractivity contribution in [2.24, 2.45) is 0 Å². The van der Waals surface area contributed by atoms with Gasteiger partial charge in [-0.1, -0.05) is 20.3 Å². The summed E-state index contributed by atoms with van der Waals surface area (Å²) in [6, 6.07) is 2.10. The Morgan fingerprint density at radius 2 is 2.21 bits per heavy atom. The molecule has 0 radical (unpaired) electrons. The molecule has 0 unspecified atom stereocenters. The average molecular weight is 195 g/mol. The van der Waals surface area contributed by atoms with E-state index in [4.69, 9.17) is 0 Å². The number of aryl methyl sites for hydroxylation is 1. The summed E-state index contributed by atoms with van der Waals surface area (Å²) in [7, 11) is 0. The highest BCUT2D eigenvalue weighted by Crippen LogP contribution is 1.98. The molecule has 14 heavy (non-hydrogen) atoms. The van der Waals surface area contributed by atoms with Crippen LogP contribution in [-0.4, -0.2) is 16.3 Å². The van der Waals surface area contributed by atoms with Crippen molar-refractivity contribution in [2.45, 2.75) is 46.2 Å². The Morgan fingerprint density at radius 1 is 1.36 bits per heavy atom. The zero-order valence-electron chi connectivity index (χ0n) is 9.29. The van der Waals surface area contributed by atoms with E-state index in [0.717, 1.165) is 25.3 Å². The lowest BCUT2D eigenvalue weighted by atomic mass is 10.3. The van der Waals surface area contributed by atoms with E-state index < -0.39 is 0 Å². The molecule has 3 heteroatoms. The molecule has 1 N–H and O–H groups in total. The first-order valence-electron chi connectivity index (χ1n) is 5.59. The fourth-order valence-corrected chi connectivity index (χ4v) is 1.34. The maximum atomic E-state index is 4.47. The zero-order chi connectivity index (χ0) is 10.2. The minimum Gasteiger partial charge on any atom is -0.311 e. The zero-order valence-corrected chi connectivity index (χ0v) is 9.29. The van der Waals surface area contributed by atoms with E-state index in [-0.39, 0.29) is 0 Å². The minimum atomic E-state index is 0.896. The molecule has 0 aliphatic carbocycles. The molecule has 1 aromatic heterocycles. The highest BCUT2D eigenvalue weighted by molar-refractivity contribution is 4.98. The first-order valence-corrected chi connectivity index (χ1v) is 5.59. The summed E-state index contributed by atoms with van der Waals surface area (Å²) in [5.41, 5.74) is 1.15. The van der Waals surface area contributed by atoms with Crippen LogP contribution in [0.3, 0.4) is 0 Å². The van der Waals surface area contributed by atoms with Gasteiger partial charge in [0, 0.05) is 19.3 Å². The number of nitrogens with one attached hydrogen (secondary N) is 1. The summed E-state index contributed by atoms with van der Waals surface area (Å²) in [5, 5.41) is 7.82. The highest BCUT2D eigenvalue weighted by Gasteiger charge is 1.97. The number of aromatic nitrogens is 2. The van der Waals surface area contributed by atoms with E-state index in [1.807, 2.05) is 4.68 Å². The van der Waals surface area contributed by atoms with Crippen LogP contribution in [0.2, 0.25) is 0 Å². The summed E-state index contributed by atoms with van der Waals surface area (Å²) in [6.07, 6.45) is 5.68. The third-order valence-electron chi connectivity index (χ3n) is 2.17. The second-order valence-corrected chi connectivity index (χ2v) is 3.60. The molecule has 0 atom stereocenters. The predicted molar refractivity (Wildman–Crippen MR) is 59.1 cm³/mol. The first-order chi connectivity index (χ1) is 6.86. The van der Waals surface area contributed by atoms with Crippen molar-refractivity contribution in [1.82, 2.24) is 15.1 Å². The predicted octanol–water partition coefficient (Wildman–Crippen LogP) is 2.18. The van der Waals surface area contributed by atoms with E-state index in [2.05, 4.69) is 36.5 Å². The Kier molecular flexibility index (Phi) is 5.30. The Bertz CT molecular complexity index is 242. The molecule has 0 aliphatic heterocycles. The van der Waals surface area contributed by atoms with Gasteiger partial charge in [-0.25, -0.2) is 0 Å². The van der Waals surface area contributed by atoms with E-state index in [0.29, 0.717) is 0 Å². The van der Waals surface area contributed by atoms with Gasteiger partial charge in [0.15, 0.2) is 0 Å². The number of hydrogen-bond donors (Lipinski definition) is 1.